The molecule has 18 heavy (non-hydrogen) atoms. The molecule has 0 unspecified atom stereocenters. The molecule has 1 heterocycles. The zero-order chi connectivity index (χ0) is 13.8. The molecule has 0 aliphatic heterocycles. The van der Waals surface area contributed by atoms with E-state index in [2.05, 4.69) is 4.98 Å². The number of hydrogen-bond acceptors (Lipinski definition) is 3. The number of carbonyl (C=O) groups is 2. The molecule has 0 radical (unpaired) electrons. The lowest BCUT2D eigenvalue weighted by Crippen LogP contribution is -2.58. The first-order chi connectivity index (χ1) is 8.45. The van der Waals surface area contributed by atoms with E-state index < -0.39 is 30.8 Å². The highest BCUT2D eigenvalue weighted by atomic mass is 19.1. The number of carbonyl (C=O) groups excluding carboxylic acids is 1. The molecule has 0 bridgehead atoms. The number of aryl methyl sites for hydroxylation is 1. The third-order valence-corrected chi connectivity index (χ3v) is 2.34. The van der Waals surface area contributed by atoms with Gasteiger partial charge in [0, 0.05) is 5.69 Å². The van der Waals surface area contributed by atoms with Crippen LogP contribution in [0.2, 0.25) is 0 Å². The molecule has 5 nitrogen and oxygen atoms in total. The molecule has 0 aliphatic rings. The van der Waals surface area contributed by atoms with Gasteiger partial charge in [0.25, 0.3) is 5.91 Å². The number of halogens is 2. The summed E-state index contributed by atoms with van der Waals surface area (Å²) in [6.45, 7) is -1.46. The summed E-state index contributed by atoms with van der Waals surface area (Å²) in [6, 6.07) is 4.49. The fourth-order valence-corrected chi connectivity index (χ4v) is 1.22. The largest absolute Gasteiger partial charge is 0.479 e. The number of rotatable bonds is 5. The molecule has 0 fully saturated rings. The van der Waals surface area contributed by atoms with Crippen molar-refractivity contribution >= 4 is 11.9 Å². The van der Waals surface area contributed by atoms with E-state index in [9.17, 15) is 18.4 Å². The van der Waals surface area contributed by atoms with Crippen molar-refractivity contribution in [2.45, 2.75) is 12.5 Å². The van der Waals surface area contributed by atoms with Gasteiger partial charge in [-0.3, -0.25) is 4.79 Å². The van der Waals surface area contributed by atoms with E-state index in [1.807, 2.05) is 5.32 Å². The van der Waals surface area contributed by atoms with Gasteiger partial charge in [0.15, 0.2) is 5.54 Å². The van der Waals surface area contributed by atoms with Crippen LogP contribution < -0.4 is 5.32 Å². The van der Waals surface area contributed by atoms with E-state index in [0.717, 1.165) is 0 Å². The topological polar surface area (TPSA) is 79.3 Å². The maximum atomic E-state index is 12.7. The number of amides is 1. The molecule has 0 aliphatic carbocycles. The lowest BCUT2D eigenvalue weighted by molar-refractivity contribution is -0.146. The molecule has 1 rings (SSSR count). The van der Waals surface area contributed by atoms with Gasteiger partial charge in [0.1, 0.15) is 19.0 Å². The Kier molecular flexibility index (Phi) is 4.30. The molecule has 1 aromatic rings. The first kappa shape index (κ1) is 14.0. The minimum Gasteiger partial charge on any atom is -0.479 e. The van der Waals surface area contributed by atoms with Crippen LogP contribution in [-0.4, -0.2) is 40.9 Å². The van der Waals surface area contributed by atoms with E-state index in [1.54, 1.807) is 13.0 Å². The summed E-state index contributed by atoms with van der Waals surface area (Å²) in [7, 11) is 0. The van der Waals surface area contributed by atoms with E-state index in [4.69, 9.17) is 5.11 Å². The van der Waals surface area contributed by atoms with Crippen LogP contribution in [0.4, 0.5) is 8.78 Å². The lowest BCUT2D eigenvalue weighted by atomic mass is 10.0. The monoisotopic (exact) mass is 258 g/mol. The van der Waals surface area contributed by atoms with Crippen LogP contribution in [0.5, 0.6) is 0 Å². The third-order valence-electron chi connectivity index (χ3n) is 2.34. The van der Waals surface area contributed by atoms with E-state index in [-0.39, 0.29) is 5.69 Å². The first-order valence-electron chi connectivity index (χ1n) is 5.06. The van der Waals surface area contributed by atoms with Gasteiger partial charge in [-0.15, -0.1) is 0 Å². The molecule has 1 amide bonds. The minimum absolute atomic E-state index is 0.0949. The maximum Gasteiger partial charge on any atom is 0.334 e. The summed E-state index contributed by atoms with van der Waals surface area (Å²) in [5, 5.41) is 10.6. The highest BCUT2D eigenvalue weighted by Crippen LogP contribution is 2.09. The summed E-state index contributed by atoms with van der Waals surface area (Å²) in [4.78, 5) is 26.3. The van der Waals surface area contributed by atoms with Gasteiger partial charge in [0.05, 0.1) is 0 Å². The zero-order valence-corrected chi connectivity index (χ0v) is 9.61. The molecule has 0 saturated heterocycles. The van der Waals surface area contributed by atoms with Crippen LogP contribution in [0, 0.1) is 6.92 Å². The molecule has 7 heteroatoms. The summed E-state index contributed by atoms with van der Waals surface area (Å²) in [5.41, 5.74) is -2.12. The molecule has 1 aromatic heterocycles. The van der Waals surface area contributed by atoms with Gasteiger partial charge in [-0.2, -0.15) is 0 Å². The molecule has 0 atom stereocenters. The molecule has 0 saturated carbocycles. The van der Waals surface area contributed by atoms with Gasteiger partial charge >= 0.3 is 5.97 Å². The lowest BCUT2D eigenvalue weighted by Gasteiger charge is -2.23. The van der Waals surface area contributed by atoms with Crippen LogP contribution in [0.1, 0.15) is 16.2 Å². The summed E-state index contributed by atoms with van der Waals surface area (Å²) < 4.78 is 25.3. The predicted octanol–water partition coefficient (Wildman–Crippen LogP) is 0.882. The summed E-state index contributed by atoms with van der Waals surface area (Å²) in [5.74, 6) is -2.70. The Balaban J connectivity index is 2.95. The summed E-state index contributed by atoms with van der Waals surface area (Å²) in [6.07, 6.45) is 0. The van der Waals surface area contributed by atoms with Gasteiger partial charge in [-0.1, -0.05) is 6.07 Å². The van der Waals surface area contributed by atoms with Crippen molar-refractivity contribution in [3.05, 3.63) is 29.6 Å². The van der Waals surface area contributed by atoms with Crippen LogP contribution in [0.15, 0.2) is 18.2 Å². The Morgan fingerprint density at radius 3 is 2.44 bits per heavy atom. The molecule has 98 valence electrons. The number of aromatic nitrogens is 1. The van der Waals surface area contributed by atoms with Gasteiger partial charge in [-0.05, 0) is 19.1 Å². The van der Waals surface area contributed by atoms with Crippen molar-refractivity contribution in [3.63, 3.8) is 0 Å². The third kappa shape index (κ3) is 2.79. The fourth-order valence-electron chi connectivity index (χ4n) is 1.22. The molecule has 0 spiro atoms. The predicted molar refractivity (Wildman–Crippen MR) is 58.8 cm³/mol. The van der Waals surface area contributed by atoms with E-state index in [1.165, 1.54) is 12.1 Å². The van der Waals surface area contributed by atoms with Crippen molar-refractivity contribution in [2.75, 3.05) is 13.3 Å². The Hall–Kier alpha value is -2.05. The summed E-state index contributed by atoms with van der Waals surface area (Å²) >= 11 is 0. The van der Waals surface area contributed by atoms with Gasteiger partial charge < -0.3 is 10.4 Å². The van der Waals surface area contributed by atoms with Gasteiger partial charge in [-0.25, -0.2) is 18.6 Å². The van der Waals surface area contributed by atoms with Gasteiger partial charge in [0.2, 0.25) is 0 Å². The second kappa shape index (κ2) is 5.52. The average molecular weight is 258 g/mol. The van der Waals surface area contributed by atoms with Crippen molar-refractivity contribution in [1.82, 2.24) is 10.3 Å². The Bertz CT molecular complexity index is 461. The number of carboxylic acids is 1. The van der Waals surface area contributed by atoms with Crippen LogP contribution in [-0.2, 0) is 4.79 Å². The highest BCUT2D eigenvalue weighted by molar-refractivity contribution is 5.96. The maximum absolute atomic E-state index is 12.7. The van der Waals surface area contributed by atoms with Crippen LogP contribution in [0.25, 0.3) is 0 Å². The second-order valence-electron chi connectivity index (χ2n) is 3.77. The Morgan fingerprint density at radius 2 is 2.00 bits per heavy atom. The Morgan fingerprint density at radius 1 is 1.39 bits per heavy atom. The SMILES string of the molecule is Cc1cccc(C(=O)NC(CF)(CF)C(=O)O)n1. The van der Waals surface area contributed by atoms with Crippen molar-refractivity contribution in [3.8, 4) is 0 Å². The number of nitrogens with zero attached hydrogens (tertiary/aromatic N) is 1. The number of carboxylic acid groups (broad SMARTS) is 1. The number of hydrogen-bond donors (Lipinski definition) is 2. The minimum atomic E-state index is -2.55. The van der Waals surface area contributed by atoms with Crippen LogP contribution in [0.3, 0.4) is 0 Å². The first-order valence-corrected chi connectivity index (χ1v) is 5.06. The van der Waals surface area contributed by atoms with Crippen molar-refractivity contribution < 1.29 is 23.5 Å². The van der Waals surface area contributed by atoms with E-state index in [0.29, 0.717) is 5.69 Å². The number of alkyl halides is 2. The number of pyridine rings is 1. The normalized spacial score (nSPS) is 11.1. The number of nitrogens with one attached hydrogen (secondary N) is 1. The van der Waals surface area contributed by atoms with E-state index >= 15 is 0 Å². The average Bonchev–Trinajstić information content (AvgIpc) is 2.35. The van der Waals surface area contributed by atoms with Crippen molar-refractivity contribution in [1.29, 1.82) is 0 Å². The Labute approximate surface area is 102 Å². The quantitative estimate of drug-likeness (QED) is 0.821. The zero-order valence-electron chi connectivity index (χ0n) is 9.61. The highest BCUT2D eigenvalue weighted by Gasteiger charge is 2.41. The molecular formula is C11H12F2N2O3. The number of aliphatic carboxylic acids is 1. The fraction of sp³-hybridized carbons (Fsp3) is 0.364. The molecular weight excluding hydrogens is 246 g/mol. The molecule has 2 N–H and O–H groups in total. The van der Waals surface area contributed by atoms with Crippen LogP contribution >= 0.6 is 0 Å². The smallest absolute Gasteiger partial charge is 0.334 e. The standard InChI is InChI=1S/C11H12F2N2O3/c1-7-3-2-4-8(14-7)9(16)15-11(5-12,6-13)10(17)18/h2-4H,5-6H2,1H3,(H,15,16)(H,17,18). The second-order valence-corrected chi connectivity index (χ2v) is 3.77. The van der Waals surface area contributed by atoms with Crippen molar-refractivity contribution in [2.24, 2.45) is 0 Å². The molecule has 0 aromatic carbocycles.